The van der Waals surface area contributed by atoms with Crippen molar-refractivity contribution in [3.8, 4) is 0 Å². The number of hydrogen-bond acceptors (Lipinski definition) is 4. The Balaban J connectivity index is 1.61. The predicted molar refractivity (Wildman–Crippen MR) is 111 cm³/mol. The van der Waals surface area contributed by atoms with Crippen LogP contribution in [0.2, 0.25) is 0 Å². The average molecular weight is 404 g/mol. The molecule has 0 aromatic heterocycles. The van der Waals surface area contributed by atoms with Crippen LogP contribution in [0.3, 0.4) is 0 Å². The van der Waals surface area contributed by atoms with E-state index in [0.717, 1.165) is 55.3 Å². The molecule has 3 rings (SSSR count). The summed E-state index contributed by atoms with van der Waals surface area (Å²) in [7, 11) is -3.33. The third-order valence-corrected chi connectivity index (χ3v) is 6.35. The molecule has 1 heterocycles. The number of carbonyl (C=O) groups excluding carboxylic acids is 1. The van der Waals surface area contributed by atoms with E-state index in [1.54, 1.807) is 0 Å². The molecule has 6 nitrogen and oxygen atoms in total. The van der Waals surface area contributed by atoms with Crippen LogP contribution in [-0.4, -0.2) is 32.4 Å². The van der Waals surface area contributed by atoms with Crippen LogP contribution in [0, 0.1) is 5.92 Å². The van der Waals surface area contributed by atoms with Gasteiger partial charge in [0.25, 0.3) is 0 Å². The molecule has 0 fully saturated rings. The SMILES string of the molecule is C=CS(=O)(=O)NCCCC1Cc2ccc(C3=CCC(=O)NN3CCC)cc2C1. The summed E-state index contributed by atoms with van der Waals surface area (Å²) in [5.74, 6) is 0.579. The maximum absolute atomic E-state index is 11.7. The molecular formula is C21H29N3O3S. The molecule has 7 heteroatoms. The van der Waals surface area contributed by atoms with Gasteiger partial charge in [-0.2, -0.15) is 0 Å². The second kappa shape index (κ2) is 8.92. The van der Waals surface area contributed by atoms with Gasteiger partial charge in [-0.25, -0.2) is 13.1 Å². The number of carbonyl (C=O) groups is 1. The predicted octanol–water partition coefficient (Wildman–Crippen LogP) is 2.73. The molecular weight excluding hydrogens is 374 g/mol. The Kier molecular flexibility index (Phi) is 6.57. The molecule has 0 spiro atoms. The Labute approximate surface area is 167 Å². The molecule has 28 heavy (non-hydrogen) atoms. The number of rotatable bonds is 9. The molecule has 2 N–H and O–H groups in total. The van der Waals surface area contributed by atoms with Crippen molar-refractivity contribution in [1.29, 1.82) is 0 Å². The lowest BCUT2D eigenvalue weighted by Gasteiger charge is -2.31. The van der Waals surface area contributed by atoms with Crippen LogP contribution >= 0.6 is 0 Å². The first-order valence-electron chi connectivity index (χ1n) is 9.93. The van der Waals surface area contributed by atoms with Crippen LogP contribution in [0.4, 0.5) is 0 Å². The van der Waals surface area contributed by atoms with Crippen LogP contribution in [0.1, 0.15) is 49.3 Å². The number of amides is 1. The summed E-state index contributed by atoms with van der Waals surface area (Å²) in [5.41, 5.74) is 7.92. The summed E-state index contributed by atoms with van der Waals surface area (Å²) >= 11 is 0. The van der Waals surface area contributed by atoms with E-state index in [4.69, 9.17) is 0 Å². The third kappa shape index (κ3) is 5.02. The molecule has 1 aliphatic carbocycles. The van der Waals surface area contributed by atoms with Gasteiger partial charge in [-0.05, 0) is 66.9 Å². The molecule has 1 aliphatic heterocycles. The van der Waals surface area contributed by atoms with Crippen LogP contribution in [0.25, 0.3) is 5.70 Å². The monoisotopic (exact) mass is 403 g/mol. The van der Waals surface area contributed by atoms with E-state index < -0.39 is 10.0 Å². The van der Waals surface area contributed by atoms with Crippen molar-refractivity contribution in [3.05, 3.63) is 53.0 Å². The largest absolute Gasteiger partial charge is 0.285 e. The average Bonchev–Trinajstić information content (AvgIpc) is 3.08. The Bertz CT molecular complexity index is 877. The highest BCUT2D eigenvalue weighted by Gasteiger charge is 2.24. The number of fused-ring (bicyclic) bond motifs is 1. The Morgan fingerprint density at radius 3 is 2.86 bits per heavy atom. The van der Waals surface area contributed by atoms with E-state index in [1.165, 1.54) is 11.1 Å². The lowest BCUT2D eigenvalue weighted by molar-refractivity contribution is -0.124. The highest BCUT2D eigenvalue weighted by molar-refractivity contribution is 7.92. The first kappa shape index (κ1) is 20.6. The van der Waals surface area contributed by atoms with Gasteiger partial charge in [-0.3, -0.25) is 15.2 Å². The van der Waals surface area contributed by atoms with E-state index in [0.29, 0.717) is 18.9 Å². The van der Waals surface area contributed by atoms with Crippen molar-refractivity contribution in [2.45, 2.75) is 45.4 Å². The van der Waals surface area contributed by atoms with Gasteiger partial charge in [0.05, 0.1) is 5.70 Å². The van der Waals surface area contributed by atoms with Gasteiger partial charge in [0.15, 0.2) is 0 Å². The molecule has 1 unspecified atom stereocenters. The zero-order chi connectivity index (χ0) is 20.1. The normalized spacial score (nSPS) is 19.2. The number of hydrogen-bond donors (Lipinski definition) is 2. The highest BCUT2D eigenvalue weighted by Crippen LogP contribution is 2.33. The molecule has 0 saturated heterocycles. The highest BCUT2D eigenvalue weighted by atomic mass is 32.2. The van der Waals surface area contributed by atoms with E-state index in [2.05, 4.69) is 41.8 Å². The second-order valence-corrected chi connectivity index (χ2v) is 9.20. The molecule has 2 aliphatic rings. The molecule has 1 aromatic rings. The van der Waals surface area contributed by atoms with Crippen molar-refractivity contribution in [2.24, 2.45) is 5.92 Å². The standard InChI is InChI=1S/C21H29N3O3S/c1-3-12-24-20(9-10-21(25)23-24)18-8-7-17-13-16(14-19(17)15-18)6-5-11-22-28(26,27)4-2/h4,7-9,15-16,22H,2-3,5-6,10-14H2,1H3,(H,23,25). The maximum atomic E-state index is 11.7. The zero-order valence-corrected chi connectivity index (χ0v) is 17.2. The second-order valence-electron chi connectivity index (χ2n) is 7.49. The van der Waals surface area contributed by atoms with Crippen molar-refractivity contribution in [1.82, 2.24) is 15.2 Å². The fourth-order valence-corrected chi connectivity index (χ4v) is 4.51. The number of hydrazine groups is 1. The first-order valence-corrected chi connectivity index (χ1v) is 11.5. The molecule has 0 radical (unpaired) electrons. The maximum Gasteiger partial charge on any atom is 0.242 e. The van der Waals surface area contributed by atoms with Crippen LogP contribution in [0.5, 0.6) is 0 Å². The smallest absolute Gasteiger partial charge is 0.242 e. The van der Waals surface area contributed by atoms with E-state index in [-0.39, 0.29) is 5.91 Å². The number of nitrogens with zero attached hydrogens (tertiary/aromatic N) is 1. The van der Waals surface area contributed by atoms with Gasteiger partial charge in [-0.1, -0.05) is 25.6 Å². The summed E-state index contributed by atoms with van der Waals surface area (Å²) in [4.78, 5) is 11.7. The summed E-state index contributed by atoms with van der Waals surface area (Å²) in [6.07, 6.45) is 7.25. The lowest BCUT2D eigenvalue weighted by atomic mass is 10.0. The molecule has 1 amide bonds. The fraction of sp³-hybridized carbons (Fsp3) is 0.476. The minimum absolute atomic E-state index is 0.0329. The molecule has 152 valence electrons. The summed E-state index contributed by atoms with van der Waals surface area (Å²) in [6.45, 7) is 6.64. The van der Waals surface area contributed by atoms with Crippen molar-refractivity contribution in [2.75, 3.05) is 13.1 Å². The van der Waals surface area contributed by atoms with Gasteiger partial charge in [0, 0.05) is 24.9 Å². The Morgan fingerprint density at radius 2 is 2.11 bits per heavy atom. The van der Waals surface area contributed by atoms with E-state index in [9.17, 15) is 13.2 Å². The van der Waals surface area contributed by atoms with Crippen molar-refractivity contribution < 1.29 is 13.2 Å². The number of benzene rings is 1. The van der Waals surface area contributed by atoms with Gasteiger partial charge in [-0.15, -0.1) is 0 Å². The summed E-state index contributed by atoms with van der Waals surface area (Å²) in [5, 5.41) is 2.90. The topological polar surface area (TPSA) is 78.5 Å². The molecule has 1 atom stereocenters. The molecule has 1 aromatic carbocycles. The van der Waals surface area contributed by atoms with Gasteiger partial charge in [0.1, 0.15) is 0 Å². The van der Waals surface area contributed by atoms with E-state index >= 15 is 0 Å². The van der Waals surface area contributed by atoms with Gasteiger partial charge >= 0.3 is 0 Å². The van der Waals surface area contributed by atoms with Gasteiger partial charge in [0.2, 0.25) is 15.9 Å². The van der Waals surface area contributed by atoms with Crippen molar-refractivity contribution >= 4 is 21.6 Å². The Morgan fingerprint density at radius 1 is 1.32 bits per heavy atom. The summed E-state index contributed by atoms with van der Waals surface area (Å²) in [6, 6.07) is 6.60. The minimum atomic E-state index is -3.33. The fourth-order valence-electron chi connectivity index (χ4n) is 3.97. The lowest BCUT2D eigenvalue weighted by Crippen LogP contribution is -2.43. The van der Waals surface area contributed by atoms with Gasteiger partial charge < -0.3 is 0 Å². The Hall–Kier alpha value is -2.12. The van der Waals surface area contributed by atoms with Crippen LogP contribution in [-0.2, 0) is 27.7 Å². The molecule has 0 bridgehead atoms. The third-order valence-electron chi connectivity index (χ3n) is 5.31. The minimum Gasteiger partial charge on any atom is -0.285 e. The van der Waals surface area contributed by atoms with Crippen LogP contribution in [0.15, 0.2) is 36.3 Å². The zero-order valence-electron chi connectivity index (χ0n) is 16.4. The van der Waals surface area contributed by atoms with E-state index in [1.807, 2.05) is 11.1 Å². The van der Waals surface area contributed by atoms with Crippen LogP contribution < -0.4 is 10.1 Å². The summed E-state index contributed by atoms with van der Waals surface area (Å²) < 4.78 is 25.3. The number of sulfonamides is 1. The number of nitrogens with one attached hydrogen (secondary N) is 2. The quantitative estimate of drug-likeness (QED) is 0.622. The van der Waals surface area contributed by atoms with Crippen molar-refractivity contribution in [3.63, 3.8) is 0 Å². The molecule has 0 saturated carbocycles. The first-order chi connectivity index (χ1) is 13.4.